The molecule has 7 heteroatoms. The maximum absolute atomic E-state index is 13.0. The SMILES string of the molecule is COc1ccc(CN(C2CC2)S(=O)(=O)N2CCC[C@H]2CO)cc1. The summed E-state index contributed by atoms with van der Waals surface area (Å²) in [4.78, 5) is 0. The van der Waals surface area contributed by atoms with Crippen LogP contribution in [-0.2, 0) is 16.8 Å². The average molecular weight is 340 g/mol. The number of aliphatic hydroxyl groups is 1. The van der Waals surface area contributed by atoms with E-state index in [-0.39, 0.29) is 18.7 Å². The van der Waals surface area contributed by atoms with Crippen molar-refractivity contribution in [2.75, 3.05) is 20.3 Å². The molecule has 1 saturated carbocycles. The Kier molecular flexibility index (Phi) is 4.91. The largest absolute Gasteiger partial charge is 0.497 e. The van der Waals surface area contributed by atoms with E-state index in [4.69, 9.17) is 4.74 Å². The third kappa shape index (κ3) is 3.52. The van der Waals surface area contributed by atoms with Gasteiger partial charge < -0.3 is 9.84 Å². The van der Waals surface area contributed by atoms with Crippen molar-refractivity contribution >= 4 is 10.2 Å². The predicted octanol–water partition coefficient (Wildman–Crippen LogP) is 1.36. The molecule has 6 nitrogen and oxygen atoms in total. The normalized spacial score (nSPS) is 22.7. The molecular formula is C16H24N2O4S. The molecule has 0 radical (unpaired) electrons. The minimum atomic E-state index is -3.54. The number of ether oxygens (including phenoxy) is 1. The van der Waals surface area contributed by atoms with E-state index in [1.54, 1.807) is 11.4 Å². The summed E-state index contributed by atoms with van der Waals surface area (Å²) in [7, 11) is -1.93. The Morgan fingerprint density at radius 3 is 2.52 bits per heavy atom. The number of rotatable bonds is 7. The highest BCUT2D eigenvalue weighted by atomic mass is 32.2. The molecule has 1 N–H and O–H groups in total. The molecule has 1 atom stereocenters. The minimum absolute atomic E-state index is 0.0852. The highest BCUT2D eigenvalue weighted by molar-refractivity contribution is 7.86. The number of benzene rings is 1. The Hall–Kier alpha value is -1.15. The van der Waals surface area contributed by atoms with Gasteiger partial charge in [0.2, 0.25) is 0 Å². The van der Waals surface area contributed by atoms with E-state index in [9.17, 15) is 13.5 Å². The highest BCUT2D eigenvalue weighted by Gasteiger charge is 2.43. The third-order valence-corrected chi connectivity index (χ3v) is 6.67. The molecule has 1 aromatic carbocycles. The number of methoxy groups -OCH3 is 1. The number of aliphatic hydroxyl groups excluding tert-OH is 1. The molecule has 2 aliphatic rings. The molecule has 1 aliphatic heterocycles. The summed E-state index contributed by atoms with van der Waals surface area (Å²) in [6.45, 7) is 0.755. The predicted molar refractivity (Wildman–Crippen MR) is 87.3 cm³/mol. The third-order valence-electron chi connectivity index (χ3n) is 4.58. The van der Waals surface area contributed by atoms with Crippen LogP contribution in [0.5, 0.6) is 5.75 Å². The Morgan fingerprint density at radius 2 is 1.96 bits per heavy atom. The molecule has 1 heterocycles. The summed E-state index contributed by atoms with van der Waals surface area (Å²) in [6.07, 6.45) is 3.36. The molecule has 0 spiro atoms. The van der Waals surface area contributed by atoms with Crippen LogP contribution >= 0.6 is 0 Å². The van der Waals surface area contributed by atoms with Gasteiger partial charge in [-0.2, -0.15) is 17.0 Å². The average Bonchev–Trinajstić information content (AvgIpc) is 3.27. The van der Waals surface area contributed by atoms with E-state index in [0.29, 0.717) is 13.1 Å². The number of hydrogen-bond acceptors (Lipinski definition) is 4. The van der Waals surface area contributed by atoms with Crippen LogP contribution in [0.15, 0.2) is 24.3 Å². The molecule has 2 fully saturated rings. The van der Waals surface area contributed by atoms with Gasteiger partial charge in [-0.25, -0.2) is 0 Å². The van der Waals surface area contributed by atoms with Crippen LogP contribution in [0.1, 0.15) is 31.2 Å². The molecular weight excluding hydrogens is 316 g/mol. The second kappa shape index (κ2) is 6.76. The van der Waals surface area contributed by atoms with Crippen LogP contribution in [0.3, 0.4) is 0 Å². The lowest BCUT2D eigenvalue weighted by Gasteiger charge is -2.30. The van der Waals surface area contributed by atoms with Crippen LogP contribution in [0.25, 0.3) is 0 Å². The molecule has 1 aliphatic carbocycles. The number of nitrogens with zero attached hydrogens (tertiary/aromatic N) is 2. The highest BCUT2D eigenvalue weighted by Crippen LogP contribution is 2.34. The van der Waals surface area contributed by atoms with Crippen molar-refractivity contribution in [3.63, 3.8) is 0 Å². The monoisotopic (exact) mass is 340 g/mol. The maximum Gasteiger partial charge on any atom is 0.282 e. The van der Waals surface area contributed by atoms with E-state index in [0.717, 1.165) is 37.0 Å². The molecule has 1 aromatic rings. The van der Waals surface area contributed by atoms with Crippen molar-refractivity contribution in [3.05, 3.63) is 29.8 Å². The van der Waals surface area contributed by atoms with Crippen molar-refractivity contribution in [2.24, 2.45) is 0 Å². The maximum atomic E-state index is 13.0. The summed E-state index contributed by atoms with van der Waals surface area (Å²) in [5.41, 5.74) is 0.945. The van der Waals surface area contributed by atoms with E-state index < -0.39 is 10.2 Å². The lowest BCUT2D eigenvalue weighted by Crippen LogP contribution is -2.47. The van der Waals surface area contributed by atoms with Crippen molar-refractivity contribution in [1.82, 2.24) is 8.61 Å². The van der Waals surface area contributed by atoms with Crippen LogP contribution in [0, 0.1) is 0 Å². The quantitative estimate of drug-likeness (QED) is 0.814. The first-order chi connectivity index (χ1) is 11.1. The summed E-state index contributed by atoms with van der Waals surface area (Å²) in [5.74, 6) is 0.759. The fourth-order valence-corrected chi connectivity index (χ4v) is 5.18. The minimum Gasteiger partial charge on any atom is -0.497 e. The Labute approximate surface area is 137 Å². The lowest BCUT2D eigenvalue weighted by molar-refractivity contribution is 0.204. The topological polar surface area (TPSA) is 70.1 Å². The zero-order chi connectivity index (χ0) is 16.4. The van der Waals surface area contributed by atoms with Gasteiger partial charge in [-0.05, 0) is 43.4 Å². The van der Waals surface area contributed by atoms with E-state index in [1.807, 2.05) is 24.3 Å². The van der Waals surface area contributed by atoms with Gasteiger partial charge in [-0.15, -0.1) is 0 Å². The van der Waals surface area contributed by atoms with Gasteiger partial charge in [-0.1, -0.05) is 12.1 Å². The molecule has 0 aromatic heterocycles. The van der Waals surface area contributed by atoms with Crippen LogP contribution in [0.2, 0.25) is 0 Å². The molecule has 0 bridgehead atoms. The molecule has 1 saturated heterocycles. The Balaban J connectivity index is 1.80. The molecule has 128 valence electrons. The van der Waals surface area contributed by atoms with Crippen molar-refractivity contribution in [2.45, 2.75) is 44.3 Å². The summed E-state index contributed by atoms with van der Waals surface area (Å²) in [5, 5.41) is 9.44. The zero-order valence-electron chi connectivity index (χ0n) is 13.4. The first-order valence-corrected chi connectivity index (χ1v) is 9.48. The first kappa shape index (κ1) is 16.7. The second-order valence-corrected chi connectivity index (χ2v) is 8.06. The Morgan fingerprint density at radius 1 is 1.26 bits per heavy atom. The summed E-state index contributed by atoms with van der Waals surface area (Å²) >= 11 is 0. The first-order valence-electron chi connectivity index (χ1n) is 8.08. The second-order valence-electron chi connectivity index (χ2n) is 6.22. The standard InChI is InChI=1S/C16H24N2O4S/c1-22-16-8-4-13(5-9-16)11-18(14-6-7-14)23(20,21)17-10-2-3-15(17)12-19/h4-5,8-9,14-15,19H,2-3,6-7,10-12H2,1H3/t15-/m0/s1. The molecule has 23 heavy (non-hydrogen) atoms. The van der Waals surface area contributed by atoms with Gasteiger partial charge in [0.1, 0.15) is 5.75 Å². The van der Waals surface area contributed by atoms with Gasteiger partial charge in [0.05, 0.1) is 13.7 Å². The van der Waals surface area contributed by atoms with E-state index in [1.165, 1.54) is 4.31 Å². The van der Waals surface area contributed by atoms with Crippen LogP contribution < -0.4 is 4.74 Å². The summed E-state index contributed by atoms with van der Waals surface area (Å²) < 4.78 is 34.3. The lowest BCUT2D eigenvalue weighted by atomic mass is 10.2. The number of hydrogen-bond donors (Lipinski definition) is 1. The fourth-order valence-electron chi connectivity index (χ4n) is 3.10. The van der Waals surface area contributed by atoms with Crippen molar-refractivity contribution in [1.29, 1.82) is 0 Å². The molecule has 0 amide bonds. The zero-order valence-corrected chi connectivity index (χ0v) is 14.2. The molecule has 3 rings (SSSR count). The van der Waals surface area contributed by atoms with Gasteiger partial charge in [0.25, 0.3) is 10.2 Å². The summed E-state index contributed by atoms with van der Waals surface area (Å²) in [6, 6.07) is 7.30. The van der Waals surface area contributed by atoms with Crippen molar-refractivity contribution < 1.29 is 18.3 Å². The van der Waals surface area contributed by atoms with E-state index in [2.05, 4.69) is 0 Å². The van der Waals surface area contributed by atoms with Crippen LogP contribution in [-0.4, -0.2) is 54.5 Å². The smallest absolute Gasteiger partial charge is 0.282 e. The van der Waals surface area contributed by atoms with Crippen LogP contribution in [0.4, 0.5) is 0 Å². The molecule has 0 unspecified atom stereocenters. The van der Waals surface area contributed by atoms with Gasteiger partial charge in [0.15, 0.2) is 0 Å². The van der Waals surface area contributed by atoms with Gasteiger partial charge in [-0.3, -0.25) is 0 Å². The van der Waals surface area contributed by atoms with Crippen molar-refractivity contribution in [3.8, 4) is 5.75 Å². The fraction of sp³-hybridized carbons (Fsp3) is 0.625. The van der Waals surface area contributed by atoms with E-state index >= 15 is 0 Å². The Bertz CT molecular complexity index is 628. The van der Waals surface area contributed by atoms with Gasteiger partial charge in [0, 0.05) is 25.2 Å². The van der Waals surface area contributed by atoms with Gasteiger partial charge >= 0.3 is 0 Å².